The molecule has 1 aliphatic rings. The van der Waals surface area contributed by atoms with E-state index in [9.17, 15) is 9.59 Å². The Hall–Kier alpha value is -1.69. The Morgan fingerprint density at radius 2 is 1.32 bits per heavy atom. The van der Waals surface area contributed by atoms with Gasteiger partial charge in [0.2, 0.25) is 11.6 Å². The smallest absolute Gasteiger partial charge is 0.228 e. The van der Waals surface area contributed by atoms with Crippen molar-refractivity contribution in [3.63, 3.8) is 0 Å². The molecule has 0 spiro atoms. The zero-order valence-electron chi connectivity index (χ0n) is 20.2. The number of benzene rings is 1. The SMILES string of the molecule is CC(C)(C)OOC(C)(C)C.CCCCCCC(=O)C(=O)c1ccc([SH]2C=CC=C2)cc1. The molecule has 0 aliphatic carbocycles. The third-order valence-electron chi connectivity index (χ3n) is 4.08. The zero-order chi connectivity index (χ0) is 23.5. The monoisotopic (exact) mass is 448 g/mol. The number of carbonyl (C=O) groups is 2. The average Bonchev–Trinajstić information content (AvgIpc) is 3.23. The van der Waals surface area contributed by atoms with Gasteiger partial charge < -0.3 is 0 Å². The first-order chi connectivity index (χ1) is 14.4. The molecule has 0 saturated carbocycles. The Balaban J connectivity index is 0.000000407. The highest BCUT2D eigenvalue weighted by Crippen LogP contribution is 2.41. The van der Waals surface area contributed by atoms with Crippen molar-refractivity contribution in [2.75, 3.05) is 0 Å². The minimum absolute atomic E-state index is 0.215. The van der Waals surface area contributed by atoms with E-state index in [1.54, 1.807) is 12.1 Å². The van der Waals surface area contributed by atoms with Crippen molar-refractivity contribution in [2.45, 2.75) is 96.7 Å². The van der Waals surface area contributed by atoms with Crippen molar-refractivity contribution in [3.05, 3.63) is 52.8 Å². The van der Waals surface area contributed by atoms with Gasteiger partial charge in [-0.1, -0.05) is 38.3 Å². The third kappa shape index (κ3) is 12.1. The summed E-state index contributed by atoms with van der Waals surface area (Å²) >= 11 is 0. The van der Waals surface area contributed by atoms with E-state index in [2.05, 4.69) is 17.7 Å². The molecule has 0 aromatic heterocycles. The maximum atomic E-state index is 12.1. The Bertz CT molecular complexity index is 723. The number of carbonyl (C=O) groups excluding carboxylic acids is 2. The molecule has 31 heavy (non-hydrogen) atoms. The predicted octanol–water partition coefficient (Wildman–Crippen LogP) is 7.34. The number of Topliss-reactive ketones (excluding diaryl/α,β-unsaturated/α-hetero) is 2. The van der Waals surface area contributed by atoms with Crippen LogP contribution in [0.1, 0.15) is 90.9 Å². The molecular weight excluding hydrogens is 408 g/mol. The Morgan fingerprint density at radius 3 is 1.77 bits per heavy atom. The van der Waals surface area contributed by atoms with Gasteiger partial charge in [-0.3, -0.25) is 9.59 Å². The lowest BCUT2D eigenvalue weighted by molar-refractivity contribution is -0.393. The second-order valence-electron chi connectivity index (χ2n) is 9.59. The number of hydrogen-bond donors (Lipinski definition) is 1. The molecule has 1 aliphatic heterocycles. The molecule has 0 radical (unpaired) electrons. The lowest BCUT2D eigenvalue weighted by atomic mass is 10.0. The van der Waals surface area contributed by atoms with E-state index in [1.807, 2.05) is 65.8 Å². The van der Waals surface area contributed by atoms with Crippen LogP contribution in [0, 0.1) is 0 Å². The topological polar surface area (TPSA) is 52.6 Å². The minimum Gasteiger partial charge on any atom is -0.290 e. The summed E-state index contributed by atoms with van der Waals surface area (Å²) in [5, 5.41) is 4.34. The van der Waals surface area contributed by atoms with Gasteiger partial charge in [-0.2, -0.15) is 10.9 Å². The quantitative estimate of drug-likeness (QED) is 0.107. The number of allylic oxidation sites excluding steroid dienone is 2. The van der Waals surface area contributed by atoms with E-state index < -0.39 is 0 Å². The first-order valence-corrected chi connectivity index (χ1v) is 12.6. The Labute approximate surface area is 191 Å². The second-order valence-corrected chi connectivity index (χ2v) is 11.5. The second kappa shape index (κ2) is 13.0. The number of thiol groups is 1. The van der Waals surface area contributed by atoms with Gasteiger partial charge in [-0.25, -0.2) is 9.78 Å². The van der Waals surface area contributed by atoms with Gasteiger partial charge in [0.15, 0.2) is 0 Å². The van der Waals surface area contributed by atoms with Crippen LogP contribution in [0.2, 0.25) is 0 Å². The highest BCUT2D eigenvalue weighted by atomic mass is 32.2. The van der Waals surface area contributed by atoms with Crippen LogP contribution in [0.25, 0.3) is 0 Å². The molecule has 0 bridgehead atoms. The fraction of sp³-hybridized carbons (Fsp3) is 0.538. The molecule has 1 heterocycles. The lowest BCUT2D eigenvalue weighted by Gasteiger charge is -2.24. The maximum absolute atomic E-state index is 12.1. The number of rotatable bonds is 9. The standard InChI is InChI=1S/C18H22O2S.C8H18O2/c1-2-3-4-5-8-17(19)18(20)15-9-11-16(12-10-15)21-13-6-7-14-21;1-7(2,3)9-10-8(4,5)6/h6-7,9-14,21H,2-5,8H2,1H3;1-6H3. The van der Waals surface area contributed by atoms with Gasteiger partial charge in [0.1, 0.15) is 0 Å². The minimum atomic E-state index is -0.358. The summed E-state index contributed by atoms with van der Waals surface area (Å²) in [5.41, 5.74) is 0.0852. The molecule has 1 aromatic carbocycles. The normalized spacial score (nSPS) is 14.4. The summed E-state index contributed by atoms with van der Waals surface area (Å²) in [7, 11) is -0.358. The van der Waals surface area contributed by atoms with E-state index in [4.69, 9.17) is 9.78 Å². The van der Waals surface area contributed by atoms with Gasteiger partial charge >= 0.3 is 0 Å². The average molecular weight is 449 g/mol. The van der Waals surface area contributed by atoms with Crippen molar-refractivity contribution in [2.24, 2.45) is 0 Å². The van der Waals surface area contributed by atoms with Gasteiger partial charge in [0, 0.05) is 12.0 Å². The van der Waals surface area contributed by atoms with Crippen LogP contribution in [-0.4, -0.2) is 22.8 Å². The van der Waals surface area contributed by atoms with E-state index in [0.29, 0.717) is 12.0 Å². The number of hydrogen-bond acceptors (Lipinski definition) is 4. The fourth-order valence-corrected chi connectivity index (χ4v) is 4.04. The molecule has 4 nitrogen and oxygen atoms in total. The molecule has 5 heteroatoms. The fourth-order valence-electron chi connectivity index (χ4n) is 2.53. The van der Waals surface area contributed by atoms with Gasteiger partial charge in [-0.15, -0.1) is 0 Å². The Kier molecular flexibility index (Phi) is 11.5. The summed E-state index contributed by atoms with van der Waals surface area (Å²) < 4.78 is 0. The van der Waals surface area contributed by atoms with Gasteiger partial charge in [-0.05, 0) is 87.9 Å². The number of ketones is 2. The van der Waals surface area contributed by atoms with Crippen molar-refractivity contribution >= 4 is 22.5 Å². The molecule has 174 valence electrons. The van der Waals surface area contributed by atoms with E-state index in [-0.39, 0.29) is 33.7 Å². The number of unbranched alkanes of at least 4 members (excludes halogenated alkanes) is 3. The molecule has 0 N–H and O–H groups in total. The molecular formula is C26H40O4S. The van der Waals surface area contributed by atoms with Gasteiger partial charge in [0.05, 0.1) is 11.2 Å². The van der Waals surface area contributed by atoms with Crippen LogP contribution in [-0.2, 0) is 14.6 Å². The first-order valence-electron chi connectivity index (χ1n) is 11.1. The van der Waals surface area contributed by atoms with Crippen LogP contribution in [0.3, 0.4) is 0 Å². The van der Waals surface area contributed by atoms with Crippen molar-refractivity contribution in [1.29, 1.82) is 0 Å². The molecule has 0 atom stereocenters. The molecule has 2 rings (SSSR count). The molecule has 0 saturated heterocycles. The first kappa shape index (κ1) is 27.3. The summed E-state index contributed by atoms with van der Waals surface area (Å²) in [6.45, 7) is 13.9. The summed E-state index contributed by atoms with van der Waals surface area (Å²) in [6, 6.07) is 7.49. The summed E-state index contributed by atoms with van der Waals surface area (Å²) in [6.07, 6.45) is 8.57. The van der Waals surface area contributed by atoms with Crippen LogP contribution < -0.4 is 0 Å². The zero-order valence-corrected chi connectivity index (χ0v) is 21.1. The van der Waals surface area contributed by atoms with Crippen molar-refractivity contribution in [3.8, 4) is 0 Å². The Morgan fingerprint density at radius 1 is 0.806 bits per heavy atom. The van der Waals surface area contributed by atoms with E-state index in [0.717, 1.165) is 25.7 Å². The predicted molar refractivity (Wildman–Crippen MR) is 132 cm³/mol. The van der Waals surface area contributed by atoms with Crippen molar-refractivity contribution < 1.29 is 19.4 Å². The molecule has 0 unspecified atom stereocenters. The van der Waals surface area contributed by atoms with E-state index in [1.165, 1.54) is 4.90 Å². The van der Waals surface area contributed by atoms with Crippen molar-refractivity contribution in [1.82, 2.24) is 0 Å². The lowest BCUT2D eigenvalue weighted by Crippen LogP contribution is -2.27. The van der Waals surface area contributed by atoms with Crippen LogP contribution >= 0.6 is 10.9 Å². The molecule has 0 fully saturated rings. The van der Waals surface area contributed by atoms with Gasteiger partial charge in [0.25, 0.3) is 0 Å². The summed E-state index contributed by atoms with van der Waals surface area (Å²) in [5.74, 6) is -0.603. The molecule has 0 amide bonds. The largest absolute Gasteiger partial charge is 0.290 e. The van der Waals surface area contributed by atoms with E-state index >= 15 is 0 Å². The molecule has 1 aromatic rings. The van der Waals surface area contributed by atoms with Crippen LogP contribution in [0.5, 0.6) is 0 Å². The highest BCUT2D eigenvalue weighted by Gasteiger charge is 2.18. The third-order valence-corrected chi connectivity index (χ3v) is 5.97. The van der Waals surface area contributed by atoms with Crippen LogP contribution in [0.4, 0.5) is 0 Å². The maximum Gasteiger partial charge on any atom is 0.228 e. The highest BCUT2D eigenvalue weighted by molar-refractivity contribution is 8.22. The van der Waals surface area contributed by atoms with Crippen LogP contribution in [0.15, 0.2) is 52.1 Å². The summed E-state index contributed by atoms with van der Waals surface area (Å²) in [4.78, 5) is 35.3.